The van der Waals surface area contributed by atoms with Crippen LogP contribution >= 0.6 is 0 Å². The predicted octanol–water partition coefficient (Wildman–Crippen LogP) is 0.727. The maximum atomic E-state index is 12.0. The van der Waals surface area contributed by atoms with Crippen LogP contribution in [-0.2, 0) is 25.4 Å². The molecule has 0 aromatic heterocycles. The molecule has 0 spiro atoms. The third kappa shape index (κ3) is 5.11. The van der Waals surface area contributed by atoms with Gasteiger partial charge in [-0.3, -0.25) is 4.21 Å². The average molecular weight is 301 g/mol. The van der Waals surface area contributed by atoms with Crippen LogP contribution in [0.1, 0.15) is 5.56 Å². The molecule has 104 valence electrons. The molecule has 0 aliphatic carbocycles. The van der Waals surface area contributed by atoms with Gasteiger partial charge in [0.15, 0.2) is 9.84 Å². The standard InChI is InChI=1S/C12H15NO4S2/c1-17-5-6-18(14)7-8-19(15,16)12-4-2-3-11(9-12)10-13/h2-4,9H,5-8H2,1H3. The fraction of sp³-hybridized carbons (Fsp3) is 0.417. The minimum absolute atomic E-state index is 0.0719. The summed E-state index contributed by atoms with van der Waals surface area (Å²) in [6, 6.07) is 7.72. The Labute approximate surface area is 115 Å². The second kappa shape index (κ2) is 7.38. The molecule has 0 N–H and O–H groups in total. The van der Waals surface area contributed by atoms with E-state index in [0.29, 0.717) is 17.9 Å². The van der Waals surface area contributed by atoms with Gasteiger partial charge in [-0.05, 0) is 18.2 Å². The fourth-order valence-corrected chi connectivity index (χ4v) is 4.36. The summed E-state index contributed by atoms with van der Waals surface area (Å²) in [5, 5.41) is 8.74. The second-order valence-corrected chi connectivity index (χ2v) is 7.60. The first-order valence-electron chi connectivity index (χ1n) is 5.56. The van der Waals surface area contributed by atoms with Crippen molar-refractivity contribution in [1.29, 1.82) is 5.26 Å². The number of rotatable bonds is 7. The Morgan fingerprint density at radius 1 is 1.37 bits per heavy atom. The summed E-state index contributed by atoms with van der Waals surface area (Å²) < 4.78 is 40.3. The Morgan fingerprint density at radius 3 is 2.74 bits per heavy atom. The highest BCUT2D eigenvalue weighted by atomic mass is 32.2. The molecule has 0 saturated heterocycles. The van der Waals surface area contributed by atoms with Crippen LogP contribution in [0.25, 0.3) is 0 Å². The van der Waals surface area contributed by atoms with Crippen LogP contribution in [0.4, 0.5) is 0 Å². The van der Waals surface area contributed by atoms with Crippen molar-refractivity contribution in [3.05, 3.63) is 29.8 Å². The molecule has 0 aliphatic rings. The summed E-state index contributed by atoms with van der Waals surface area (Å²) in [6.07, 6.45) is 0. The Kier molecular flexibility index (Phi) is 6.15. The number of methoxy groups -OCH3 is 1. The highest BCUT2D eigenvalue weighted by molar-refractivity contribution is 7.93. The Hall–Kier alpha value is -1.23. The topological polar surface area (TPSA) is 84.2 Å². The van der Waals surface area contributed by atoms with E-state index in [9.17, 15) is 12.6 Å². The van der Waals surface area contributed by atoms with E-state index in [-0.39, 0.29) is 16.4 Å². The Balaban J connectivity index is 2.71. The van der Waals surface area contributed by atoms with Gasteiger partial charge in [-0.25, -0.2) is 8.42 Å². The highest BCUT2D eigenvalue weighted by Gasteiger charge is 2.16. The molecule has 1 unspecified atom stereocenters. The van der Waals surface area contributed by atoms with Crippen molar-refractivity contribution < 1.29 is 17.4 Å². The highest BCUT2D eigenvalue weighted by Crippen LogP contribution is 2.13. The van der Waals surface area contributed by atoms with E-state index in [2.05, 4.69) is 0 Å². The third-order valence-electron chi connectivity index (χ3n) is 2.42. The summed E-state index contributed by atoms with van der Waals surface area (Å²) in [7, 11) is -3.21. The molecule has 7 heteroatoms. The summed E-state index contributed by atoms with van der Waals surface area (Å²) in [6.45, 7) is 0.344. The summed E-state index contributed by atoms with van der Waals surface area (Å²) >= 11 is 0. The van der Waals surface area contributed by atoms with Crippen LogP contribution in [0.2, 0.25) is 0 Å². The van der Waals surface area contributed by atoms with Crippen LogP contribution in [0.5, 0.6) is 0 Å². The lowest BCUT2D eigenvalue weighted by atomic mass is 10.2. The largest absolute Gasteiger partial charge is 0.384 e. The van der Waals surface area contributed by atoms with E-state index in [1.165, 1.54) is 31.4 Å². The van der Waals surface area contributed by atoms with Crippen molar-refractivity contribution in [2.24, 2.45) is 0 Å². The van der Waals surface area contributed by atoms with Gasteiger partial charge in [-0.1, -0.05) is 6.07 Å². The SMILES string of the molecule is COCCS(=O)CCS(=O)(=O)c1cccc(C#N)c1. The molecule has 19 heavy (non-hydrogen) atoms. The van der Waals surface area contributed by atoms with Gasteiger partial charge >= 0.3 is 0 Å². The van der Waals surface area contributed by atoms with Crippen molar-refractivity contribution in [3.63, 3.8) is 0 Å². The molecule has 0 heterocycles. The van der Waals surface area contributed by atoms with Crippen LogP contribution in [-0.4, -0.2) is 43.6 Å². The van der Waals surface area contributed by atoms with Crippen LogP contribution < -0.4 is 0 Å². The maximum Gasteiger partial charge on any atom is 0.179 e. The zero-order valence-electron chi connectivity index (χ0n) is 10.5. The molecular weight excluding hydrogens is 286 g/mol. The van der Waals surface area contributed by atoms with Gasteiger partial charge in [-0.15, -0.1) is 0 Å². The van der Waals surface area contributed by atoms with Crippen molar-refractivity contribution in [1.82, 2.24) is 0 Å². The van der Waals surface area contributed by atoms with E-state index in [1.54, 1.807) is 0 Å². The average Bonchev–Trinajstić information content (AvgIpc) is 2.43. The zero-order valence-corrected chi connectivity index (χ0v) is 12.2. The molecule has 1 rings (SSSR count). The quantitative estimate of drug-likeness (QED) is 0.741. The van der Waals surface area contributed by atoms with E-state index in [1.807, 2.05) is 6.07 Å². The number of nitriles is 1. The van der Waals surface area contributed by atoms with Crippen molar-refractivity contribution >= 4 is 20.6 Å². The molecule has 0 saturated carbocycles. The molecule has 0 amide bonds. The Bertz CT molecular complexity index is 590. The van der Waals surface area contributed by atoms with Crippen molar-refractivity contribution in [2.75, 3.05) is 31.0 Å². The summed E-state index contributed by atoms with van der Waals surface area (Å²) in [5.41, 5.74) is 0.293. The molecule has 0 fully saturated rings. The minimum Gasteiger partial charge on any atom is -0.384 e. The number of nitrogens with zero attached hydrogens (tertiary/aromatic N) is 1. The van der Waals surface area contributed by atoms with E-state index in [0.717, 1.165) is 0 Å². The minimum atomic E-state index is -3.50. The first-order chi connectivity index (χ1) is 8.99. The molecule has 0 bridgehead atoms. The van der Waals surface area contributed by atoms with E-state index < -0.39 is 20.6 Å². The molecule has 5 nitrogen and oxygen atoms in total. The number of sulfone groups is 1. The number of ether oxygens (including phenoxy) is 1. The summed E-state index contributed by atoms with van der Waals surface area (Å²) in [5.74, 6) is 0.199. The van der Waals surface area contributed by atoms with Crippen LogP contribution in [0.15, 0.2) is 29.2 Å². The van der Waals surface area contributed by atoms with Gasteiger partial charge < -0.3 is 4.74 Å². The fourth-order valence-electron chi connectivity index (χ4n) is 1.36. The van der Waals surface area contributed by atoms with Crippen LogP contribution in [0, 0.1) is 11.3 Å². The normalized spacial score (nSPS) is 12.8. The third-order valence-corrected chi connectivity index (χ3v) is 5.67. The molecule has 1 aromatic carbocycles. The van der Waals surface area contributed by atoms with Gasteiger partial charge in [0.1, 0.15) is 0 Å². The maximum absolute atomic E-state index is 12.0. The van der Waals surface area contributed by atoms with Crippen LogP contribution in [0.3, 0.4) is 0 Å². The molecule has 1 aromatic rings. The van der Waals surface area contributed by atoms with Gasteiger partial charge in [0.2, 0.25) is 0 Å². The lowest BCUT2D eigenvalue weighted by Gasteiger charge is -2.05. The lowest BCUT2D eigenvalue weighted by molar-refractivity contribution is 0.218. The van der Waals surface area contributed by atoms with E-state index >= 15 is 0 Å². The van der Waals surface area contributed by atoms with Gasteiger partial charge in [0.25, 0.3) is 0 Å². The predicted molar refractivity (Wildman–Crippen MR) is 73.0 cm³/mol. The monoisotopic (exact) mass is 301 g/mol. The van der Waals surface area contributed by atoms with E-state index in [4.69, 9.17) is 10.00 Å². The zero-order chi connectivity index (χ0) is 14.3. The first-order valence-corrected chi connectivity index (χ1v) is 8.70. The van der Waals surface area contributed by atoms with Gasteiger partial charge in [0, 0.05) is 29.4 Å². The molecular formula is C12H15NO4S2. The number of hydrogen-bond donors (Lipinski definition) is 0. The second-order valence-electron chi connectivity index (χ2n) is 3.80. The Morgan fingerprint density at radius 2 is 2.11 bits per heavy atom. The number of benzene rings is 1. The molecule has 1 atom stereocenters. The first kappa shape index (κ1) is 15.8. The van der Waals surface area contributed by atoms with Gasteiger partial charge in [0.05, 0.1) is 28.9 Å². The number of hydrogen-bond acceptors (Lipinski definition) is 5. The van der Waals surface area contributed by atoms with Gasteiger partial charge in [-0.2, -0.15) is 5.26 Å². The smallest absolute Gasteiger partial charge is 0.179 e. The lowest BCUT2D eigenvalue weighted by Crippen LogP contribution is -2.17. The molecule has 0 radical (unpaired) electrons. The van der Waals surface area contributed by atoms with Crippen molar-refractivity contribution in [3.8, 4) is 6.07 Å². The summed E-state index contributed by atoms with van der Waals surface area (Å²) in [4.78, 5) is 0.0929. The molecule has 0 aliphatic heterocycles. The van der Waals surface area contributed by atoms with Crippen molar-refractivity contribution in [2.45, 2.75) is 4.90 Å².